The molecule has 0 bridgehead atoms. The molecule has 162 valence electrons. The first-order valence-corrected chi connectivity index (χ1v) is 9.45. The topological polar surface area (TPSA) is 87.0 Å². The minimum Gasteiger partial charge on any atom is -0.363 e. The van der Waals surface area contributed by atoms with Crippen LogP contribution in [0.25, 0.3) is 0 Å². The van der Waals surface area contributed by atoms with E-state index in [1.165, 1.54) is 0 Å². The fourth-order valence-electron chi connectivity index (χ4n) is 3.81. The molecule has 8 nitrogen and oxygen atoms in total. The summed E-state index contributed by atoms with van der Waals surface area (Å²) in [5, 5.41) is 11.3. The standard InChI is InChI=1S/C20H17F3N4O4/c21-20(22,23)13-5-6-16(17(11-13)27(30)31)25-9-7-24(8-10-25)12-26-18(28)14-3-1-2-4-15(14)19(26)29/h1-6,11H,7-10,12H2. The van der Waals surface area contributed by atoms with Crippen LogP contribution >= 0.6 is 0 Å². The maximum absolute atomic E-state index is 12.9. The number of anilines is 1. The van der Waals surface area contributed by atoms with Crippen LogP contribution in [0.4, 0.5) is 24.5 Å². The summed E-state index contributed by atoms with van der Waals surface area (Å²) in [4.78, 5) is 40.2. The smallest absolute Gasteiger partial charge is 0.363 e. The van der Waals surface area contributed by atoms with Crippen LogP contribution < -0.4 is 4.90 Å². The Hall–Kier alpha value is -3.47. The molecule has 0 radical (unpaired) electrons. The Morgan fingerprint density at radius 1 is 0.935 bits per heavy atom. The molecule has 0 atom stereocenters. The molecule has 2 heterocycles. The number of amides is 2. The summed E-state index contributed by atoms with van der Waals surface area (Å²) < 4.78 is 38.7. The van der Waals surface area contributed by atoms with Crippen molar-refractivity contribution in [2.24, 2.45) is 0 Å². The second-order valence-corrected chi connectivity index (χ2v) is 7.29. The average molecular weight is 434 g/mol. The minimum absolute atomic E-state index is 0.0787. The third kappa shape index (κ3) is 3.83. The van der Waals surface area contributed by atoms with Crippen LogP contribution in [0.5, 0.6) is 0 Å². The van der Waals surface area contributed by atoms with Gasteiger partial charge in [0.05, 0.1) is 28.3 Å². The van der Waals surface area contributed by atoms with Gasteiger partial charge in [-0.1, -0.05) is 12.1 Å². The van der Waals surface area contributed by atoms with Gasteiger partial charge in [0.25, 0.3) is 17.5 Å². The molecule has 11 heteroatoms. The highest BCUT2D eigenvalue weighted by Gasteiger charge is 2.37. The summed E-state index contributed by atoms with van der Waals surface area (Å²) in [6, 6.07) is 9.04. The van der Waals surface area contributed by atoms with Crippen molar-refractivity contribution in [2.45, 2.75) is 6.18 Å². The predicted octanol–water partition coefficient (Wildman–Crippen LogP) is 2.99. The number of carbonyl (C=O) groups is 2. The van der Waals surface area contributed by atoms with Crippen LogP contribution in [0.3, 0.4) is 0 Å². The third-order valence-corrected chi connectivity index (χ3v) is 5.43. The third-order valence-electron chi connectivity index (χ3n) is 5.43. The van der Waals surface area contributed by atoms with Crippen molar-refractivity contribution in [1.82, 2.24) is 9.80 Å². The summed E-state index contributed by atoms with van der Waals surface area (Å²) in [6.45, 7) is 1.44. The van der Waals surface area contributed by atoms with Gasteiger partial charge < -0.3 is 4.90 Å². The number of rotatable bonds is 4. The van der Waals surface area contributed by atoms with E-state index in [1.807, 2.05) is 4.90 Å². The van der Waals surface area contributed by atoms with Crippen molar-refractivity contribution in [1.29, 1.82) is 0 Å². The predicted molar refractivity (Wildman–Crippen MR) is 104 cm³/mol. The number of nitrogens with zero attached hydrogens (tertiary/aromatic N) is 4. The van der Waals surface area contributed by atoms with Gasteiger partial charge in [0.15, 0.2) is 0 Å². The van der Waals surface area contributed by atoms with Gasteiger partial charge in [0, 0.05) is 32.2 Å². The highest BCUT2D eigenvalue weighted by molar-refractivity contribution is 6.21. The monoisotopic (exact) mass is 434 g/mol. The van der Waals surface area contributed by atoms with Gasteiger partial charge in [-0.25, -0.2) is 0 Å². The average Bonchev–Trinajstić information content (AvgIpc) is 2.98. The molecule has 0 aromatic heterocycles. The van der Waals surface area contributed by atoms with E-state index in [1.54, 1.807) is 29.2 Å². The molecule has 2 amide bonds. The van der Waals surface area contributed by atoms with E-state index >= 15 is 0 Å². The van der Waals surface area contributed by atoms with Gasteiger partial charge >= 0.3 is 6.18 Å². The quantitative estimate of drug-likeness (QED) is 0.418. The maximum atomic E-state index is 12.9. The normalized spacial score (nSPS) is 17.3. The molecular weight excluding hydrogens is 417 g/mol. The Kier molecular flexibility index (Phi) is 5.13. The van der Waals surface area contributed by atoms with Gasteiger partial charge in [-0.05, 0) is 24.3 Å². The summed E-state index contributed by atoms with van der Waals surface area (Å²) in [7, 11) is 0. The van der Waals surface area contributed by atoms with Crippen LogP contribution in [0.15, 0.2) is 42.5 Å². The Morgan fingerprint density at radius 3 is 2.03 bits per heavy atom. The van der Waals surface area contributed by atoms with E-state index in [9.17, 15) is 32.9 Å². The van der Waals surface area contributed by atoms with Gasteiger partial charge in [0.2, 0.25) is 0 Å². The zero-order chi connectivity index (χ0) is 22.3. The molecule has 1 saturated heterocycles. The molecule has 0 spiro atoms. The molecule has 1 fully saturated rings. The summed E-state index contributed by atoms with van der Waals surface area (Å²) in [5.41, 5.74) is -0.868. The van der Waals surface area contributed by atoms with E-state index in [4.69, 9.17) is 0 Å². The van der Waals surface area contributed by atoms with E-state index < -0.39 is 22.4 Å². The van der Waals surface area contributed by atoms with E-state index in [2.05, 4.69) is 0 Å². The summed E-state index contributed by atoms with van der Waals surface area (Å²) in [5.74, 6) is -0.747. The van der Waals surface area contributed by atoms with Gasteiger partial charge in [0.1, 0.15) is 5.69 Å². The number of hydrogen-bond acceptors (Lipinski definition) is 6. The molecule has 2 aromatic rings. The van der Waals surface area contributed by atoms with Crippen molar-refractivity contribution >= 4 is 23.2 Å². The lowest BCUT2D eigenvalue weighted by atomic mass is 10.1. The van der Waals surface area contributed by atoms with Crippen LogP contribution in [0.2, 0.25) is 0 Å². The molecule has 0 aliphatic carbocycles. The number of nitro groups is 1. The van der Waals surface area contributed by atoms with Gasteiger partial charge in [-0.3, -0.25) is 29.5 Å². The first-order valence-electron chi connectivity index (χ1n) is 9.45. The first-order chi connectivity index (χ1) is 14.7. The Balaban J connectivity index is 1.45. The molecule has 4 rings (SSSR count). The van der Waals surface area contributed by atoms with E-state index in [0.717, 1.165) is 17.0 Å². The number of hydrogen-bond donors (Lipinski definition) is 0. The number of imide groups is 1. The Morgan fingerprint density at radius 2 is 1.52 bits per heavy atom. The highest BCUT2D eigenvalue weighted by Crippen LogP contribution is 2.36. The van der Waals surface area contributed by atoms with Gasteiger partial charge in [-0.2, -0.15) is 13.2 Å². The van der Waals surface area contributed by atoms with Crippen molar-refractivity contribution in [3.8, 4) is 0 Å². The van der Waals surface area contributed by atoms with E-state index in [0.29, 0.717) is 43.4 Å². The number of alkyl halides is 3. The molecule has 0 unspecified atom stereocenters. The SMILES string of the molecule is O=C1c2ccccc2C(=O)N1CN1CCN(c2ccc(C(F)(F)F)cc2[N+](=O)[O-])CC1. The zero-order valence-electron chi connectivity index (χ0n) is 16.1. The second kappa shape index (κ2) is 7.65. The molecular formula is C20H17F3N4O4. The molecule has 2 aliphatic heterocycles. The largest absolute Gasteiger partial charge is 0.416 e. The number of carbonyl (C=O) groups excluding carboxylic acids is 2. The lowest BCUT2D eigenvalue weighted by Crippen LogP contribution is -2.51. The zero-order valence-corrected chi connectivity index (χ0v) is 16.1. The van der Waals surface area contributed by atoms with Crippen molar-refractivity contribution < 1.29 is 27.7 Å². The molecule has 0 N–H and O–H groups in total. The van der Waals surface area contributed by atoms with Crippen molar-refractivity contribution in [2.75, 3.05) is 37.7 Å². The maximum Gasteiger partial charge on any atom is 0.416 e. The molecule has 0 saturated carbocycles. The number of nitro benzene ring substituents is 1. The first kappa shape index (κ1) is 20.8. The van der Waals surface area contributed by atoms with Crippen LogP contribution in [-0.2, 0) is 6.18 Å². The van der Waals surface area contributed by atoms with E-state index in [-0.39, 0.29) is 24.2 Å². The summed E-state index contributed by atoms with van der Waals surface area (Å²) in [6.07, 6.45) is -4.67. The highest BCUT2D eigenvalue weighted by atomic mass is 19.4. The lowest BCUT2D eigenvalue weighted by molar-refractivity contribution is -0.384. The number of benzene rings is 2. The molecule has 2 aliphatic rings. The van der Waals surface area contributed by atoms with Crippen LogP contribution in [-0.4, -0.2) is 59.4 Å². The molecule has 31 heavy (non-hydrogen) atoms. The van der Waals surface area contributed by atoms with Crippen molar-refractivity contribution in [3.63, 3.8) is 0 Å². The van der Waals surface area contributed by atoms with Crippen molar-refractivity contribution in [3.05, 3.63) is 69.3 Å². The summed E-state index contributed by atoms with van der Waals surface area (Å²) >= 11 is 0. The van der Waals surface area contributed by atoms with Crippen LogP contribution in [0.1, 0.15) is 26.3 Å². The lowest BCUT2D eigenvalue weighted by Gasteiger charge is -2.37. The minimum atomic E-state index is -4.67. The fraction of sp³-hybridized carbons (Fsp3) is 0.300. The fourth-order valence-corrected chi connectivity index (χ4v) is 3.81. The Bertz CT molecular complexity index is 1030. The Labute approximate surface area is 174 Å². The second-order valence-electron chi connectivity index (χ2n) is 7.29. The molecule has 2 aromatic carbocycles. The van der Waals surface area contributed by atoms with Gasteiger partial charge in [-0.15, -0.1) is 0 Å². The number of fused-ring (bicyclic) bond motifs is 1. The number of halogens is 3. The number of piperazine rings is 1. The van der Waals surface area contributed by atoms with Crippen LogP contribution in [0, 0.1) is 10.1 Å².